The number of hydrogen-bond donors (Lipinski definition) is 1. The molecule has 1 aromatic rings. The summed E-state index contributed by atoms with van der Waals surface area (Å²) in [5.74, 6) is 0.292. The molecule has 0 saturated heterocycles. The van der Waals surface area contributed by atoms with Crippen LogP contribution in [0.3, 0.4) is 0 Å². The number of ether oxygens (including phenoxy) is 1. The lowest BCUT2D eigenvalue weighted by molar-refractivity contribution is -0.129. The van der Waals surface area contributed by atoms with Gasteiger partial charge in [-0.15, -0.1) is 6.58 Å². The van der Waals surface area contributed by atoms with Gasteiger partial charge >= 0.3 is 5.97 Å². The second-order valence-corrected chi connectivity index (χ2v) is 6.46. The molecule has 0 fully saturated rings. The maximum Gasteiger partial charge on any atom is 0.344 e. The lowest BCUT2D eigenvalue weighted by atomic mass is 9.85. The largest absolute Gasteiger partial charge is 0.423 e. The van der Waals surface area contributed by atoms with Gasteiger partial charge in [-0.1, -0.05) is 48.1 Å². The van der Waals surface area contributed by atoms with Crippen molar-refractivity contribution in [3.05, 3.63) is 95.2 Å². The molecule has 1 atom stereocenters. The van der Waals surface area contributed by atoms with Gasteiger partial charge in [0.15, 0.2) is 0 Å². The van der Waals surface area contributed by atoms with E-state index in [1.54, 1.807) is 12.1 Å². The first kappa shape index (κ1) is 17.7. The Bertz CT molecular complexity index is 910. The average Bonchev–Trinajstić information content (AvgIpc) is 2.74. The highest BCUT2D eigenvalue weighted by Gasteiger charge is 2.26. The van der Waals surface area contributed by atoms with Gasteiger partial charge in [0.2, 0.25) is 0 Å². The Kier molecular flexibility index (Phi) is 5.08. The number of hydrogen-bond acceptors (Lipinski definition) is 3. The fraction of sp³-hybridized carbons (Fsp3) is 0.174. The number of nitrogens with two attached hydrogens (primary N) is 1. The molecular weight excluding hydrogens is 322 g/mol. The molecule has 0 amide bonds. The normalized spacial score (nSPS) is 21.5. The third kappa shape index (κ3) is 3.33. The fourth-order valence-corrected chi connectivity index (χ4v) is 3.40. The second kappa shape index (κ2) is 7.44. The van der Waals surface area contributed by atoms with E-state index in [2.05, 4.69) is 12.7 Å². The molecule has 2 aliphatic rings. The summed E-state index contributed by atoms with van der Waals surface area (Å²) < 4.78 is 5.69. The zero-order valence-corrected chi connectivity index (χ0v) is 15.2. The zero-order valence-electron chi connectivity index (χ0n) is 15.2. The Labute approximate surface area is 154 Å². The molecule has 0 radical (unpaired) electrons. The molecule has 3 heteroatoms. The molecule has 1 aromatic carbocycles. The van der Waals surface area contributed by atoms with E-state index in [0.29, 0.717) is 23.4 Å². The quantitative estimate of drug-likeness (QED) is 0.369. The number of benzene rings is 1. The van der Waals surface area contributed by atoms with Crippen LogP contribution in [0.4, 0.5) is 5.69 Å². The highest BCUT2D eigenvalue weighted by Crippen LogP contribution is 2.35. The van der Waals surface area contributed by atoms with E-state index in [-0.39, 0.29) is 11.9 Å². The summed E-state index contributed by atoms with van der Waals surface area (Å²) in [7, 11) is 0. The number of carbonyl (C=O) groups excluding carboxylic acids is 1. The number of nitrogen functional groups attached to an aromatic ring is 1. The maximum atomic E-state index is 13.0. The van der Waals surface area contributed by atoms with E-state index in [9.17, 15) is 4.79 Å². The topological polar surface area (TPSA) is 52.3 Å². The van der Waals surface area contributed by atoms with Crippen LogP contribution in [-0.4, -0.2) is 5.97 Å². The fourth-order valence-electron chi connectivity index (χ4n) is 3.40. The number of anilines is 1. The second-order valence-electron chi connectivity index (χ2n) is 6.46. The molecular formula is C23H23NO2. The molecule has 132 valence electrons. The summed E-state index contributed by atoms with van der Waals surface area (Å²) >= 11 is 0. The van der Waals surface area contributed by atoms with Gasteiger partial charge in [0.05, 0.1) is 5.57 Å². The summed E-state index contributed by atoms with van der Waals surface area (Å²) in [4.78, 5) is 13.0. The van der Waals surface area contributed by atoms with Crippen LogP contribution >= 0.6 is 0 Å². The summed E-state index contributed by atoms with van der Waals surface area (Å²) in [6, 6.07) is 5.38. The minimum absolute atomic E-state index is 0.0561. The van der Waals surface area contributed by atoms with Crippen LogP contribution in [0.25, 0.3) is 0 Å². The monoisotopic (exact) mass is 345 g/mol. The predicted molar refractivity (Wildman–Crippen MR) is 107 cm³/mol. The van der Waals surface area contributed by atoms with Gasteiger partial charge in [-0.2, -0.15) is 0 Å². The Morgan fingerprint density at radius 3 is 2.88 bits per heavy atom. The van der Waals surface area contributed by atoms with E-state index in [0.717, 1.165) is 22.3 Å². The number of rotatable bonds is 3. The Balaban J connectivity index is 2.17. The molecule has 26 heavy (non-hydrogen) atoms. The summed E-state index contributed by atoms with van der Waals surface area (Å²) in [5, 5.41) is 0. The smallest absolute Gasteiger partial charge is 0.344 e. The van der Waals surface area contributed by atoms with Gasteiger partial charge in [0.1, 0.15) is 5.75 Å². The Morgan fingerprint density at radius 1 is 1.35 bits per heavy atom. The lowest BCUT2D eigenvalue weighted by Gasteiger charge is -2.19. The van der Waals surface area contributed by atoms with Crippen molar-refractivity contribution in [2.75, 3.05) is 5.73 Å². The van der Waals surface area contributed by atoms with Crippen molar-refractivity contribution in [1.29, 1.82) is 0 Å². The standard InChI is InChI=1S/C23H23NO2/c1-4-8-20(19-10-7-6-9-16(19)5-2)22-15(3)13-17-14-18(24)11-12-21(17)26-23(22)25/h4-12,14,16H,2,13,24H2,1,3H3. The van der Waals surface area contributed by atoms with Crippen LogP contribution in [0.5, 0.6) is 5.75 Å². The first-order valence-electron chi connectivity index (χ1n) is 8.70. The number of fused-ring (bicyclic) bond motifs is 1. The summed E-state index contributed by atoms with van der Waals surface area (Å²) in [5.41, 5.74) is 11.0. The number of carbonyl (C=O) groups is 1. The van der Waals surface area contributed by atoms with Gasteiger partial charge in [0, 0.05) is 17.2 Å². The molecule has 1 aliphatic heterocycles. The van der Waals surface area contributed by atoms with Crippen LogP contribution in [0, 0.1) is 5.92 Å². The molecule has 1 aliphatic carbocycles. The van der Waals surface area contributed by atoms with Crippen LogP contribution in [-0.2, 0) is 11.2 Å². The van der Waals surface area contributed by atoms with Crippen molar-refractivity contribution in [2.45, 2.75) is 20.3 Å². The van der Waals surface area contributed by atoms with Crippen molar-refractivity contribution in [3.8, 4) is 5.75 Å². The van der Waals surface area contributed by atoms with Crippen LogP contribution in [0.1, 0.15) is 19.4 Å². The summed E-state index contributed by atoms with van der Waals surface area (Å²) in [6.07, 6.45) is 14.5. The molecule has 3 rings (SSSR count). The molecule has 1 heterocycles. The average molecular weight is 345 g/mol. The molecule has 0 saturated carbocycles. The highest BCUT2D eigenvalue weighted by atomic mass is 16.5. The van der Waals surface area contributed by atoms with Gasteiger partial charge in [-0.05, 0) is 49.6 Å². The predicted octanol–water partition coefficient (Wildman–Crippen LogP) is 4.85. The van der Waals surface area contributed by atoms with Crippen molar-refractivity contribution < 1.29 is 9.53 Å². The highest BCUT2D eigenvalue weighted by molar-refractivity contribution is 5.98. The zero-order chi connectivity index (χ0) is 18.7. The Hall–Kier alpha value is -3.07. The van der Waals surface area contributed by atoms with Gasteiger partial charge in [-0.25, -0.2) is 4.79 Å². The third-order valence-electron chi connectivity index (χ3n) is 4.61. The maximum absolute atomic E-state index is 13.0. The molecule has 0 bridgehead atoms. The van der Waals surface area contributed by atoms with Crippen LogP contribution in [0.15, 0.2) is 89.6 Å². The van der Waals surface area contributed by atoms with Crippen molar-refractivity contribution in [3.63, 3.8) is 0 Å². The van der Waals surface area contributed by atoms with E-state index in [1.807, 2.05) is 56.4 Å². The molecule has 0 aromatic heterocycles. The lowest BCUT2D eigenvalue weighted by Crippen LogP contribution is -2.15. The van der Waals surface area contributed by atoms with E-state index in [1.165, 1.54) is 0 Å². The van der Waals surface area contributed by atoms with Crippen molar-refractivity contribution in [1.82, 2.24) is 0 Å². The van der Waals surface area contributed by atoms with Gasteiger partial charge in [0.25, 0.3) is 0 Å². The van der Waals surface area contributed by atoms with E-state index >= 15 is 0 Å². The minimum Gasteiger partial charge on any atom is -0.423 e. The van der Waals surface area contributed by atoms with Crippen molar-refractivity contribution in [2.24, 2.45) is 5.92 Å². The SMILES string of the molecule is C=CC1C=CC=CC1=C(C=CC)C1=C(C)Cc2cc(N)ccc2OC1=O. The minimum atomic E-state index is -0.336. The first-order valence-corrected chi connectivity index (χ1v) is 8.70. The van der Waals surface area contributed by atoms with Crippen molar-refractivity contribution >= 4 is 11.7 Å². The molecule has 0 spiro atoms. The third-order valence-corrected chi connectivity index (χ3v) is 4.61. The first-order chi connectivity index (χ1) is 12.5. The van der Waals surface area contributed by atoms with Gasteiger partial charge in [-0.3, -0.25) is 0 Å². The van der Waals surface area contributed by atoms with E-state index < -0.39 is 0 Å². The van der Waals surface area contributed by atoms with Gasteiger partial charge < -0.3 is 10.5 Å². The molecule has 3 nitrogen and oxygen atoms in total. The van der Waals surface area contributed by atoms with Crippen LogP contribution < -0.4 is 10.5 Å². The van der Waals surface area contributed by atoms with E-state index in [4.69, 9.17) is 10.5 Å². The van der Waals surface area contributed by atoms with Crippen LogP contribution in [0.2, 0.25) is 0 Å². The Morgan fingerprint density at radius 2 is 2.15 bits per heavy atom. The molecule has 2 N–H and O–H groups in total. The number of allylic oxidation sites excluding steroid dienone is 9. The molecule has 1 unspecified atom stereocenters. The summed E-state index contributed by atoms with van der Waals surface area (Å²) in [6.45, 7) is 7.85. The number of esters is 1.